The van der Waals surface area contributed by atoms with Crippen molar-refractivity contribution in [2.75, 3.05) is 18.8 Å². The normalized spacial score (nSPS) is 17.0. The lowest BCUT2D eigenvalue weighted by atomic mass is 10.0. The summed E-state index contributed by atoms with van der Waals surface area (Å²) in [5.41, 5.74) is 8.23. The van der Waals surface area contributed by atoms with Crippen LogP contribution in [0.5, 0.6) is 0 Å². The van der Waals surface area contributed by atoms with Crippen molar-refractivity contribution in [3.8, 4) is 11.3 Å². The molecule has 2 N–H and O–H groups in total. The molecule has 120 valence electrons. The van der Waals surface area contributed by atoms with Crippen LogP contribution in [-0.4, -0.2) is 34.8 Å². The van der Waals surface area contributed by atoms with Gasteiger partial charge in [0.15, 0.2) is 0 Å². The van der Waals surface area contributed by atoms with Crippen molar-refractivity contribution >= 4 is 11.6 Å². The van der Waals surface area contributed by atoms with Crippen LogP contribution in [0.2, 0.25) is 0 Å². The largest absolute Gasteiger partial charge is 0.397 e. The Balaban J connectivity index is 1.83. The summed E-state index contributed by atoms with van der Waals surface area (Å²) >= 11 is 0. The molecule has 2 aromatic rings. The summed E-state index contributed by atoms with van der Waals surface area (Å²) in [6, 6.07) is 10.4. The first-order valence-corrected chi connectivity index (χ1v) is 7.44. The summed E-state index contributed by atoms with van der Waals surface area (Å²) in [5, 5.41) is 0. The van der Waals surface area contributed by atoms with Gasteiger partial charge in [-0.15, -0.1) is 0 Å². The number of carbonyl (C=O) groups is 1. The van der Waals surface area contributed by atoms with Crippen LogP contribution in [0.4, 0.5) is 14.5 Å². The van der Waals surface area contributed by atoms with Gasteiger partial charge < -0.3 is 10.6 Å². The van der Waals surface area contributed by atoms with Crippen molar-refractivity contribution in [2.45, 2.75) is 18.8 Å². The molecule has 23 heavy (non-hydrogen) atoms. The number of amides is 1. The van der Waals surface area contributed by atoms with E-state index >= 15 is 0 Å². The molecule has 2 heterocycles. The Morgan fingerprint density at radius 3 is 2.61 bits per heavy atom. The molecule has 1 aliphatic rings. The van der Waals surface area contributed by atoms with Gasteiger partial charge in [-0.25, -0.2) is 8.78 Å². The maximum Gasteiger partial charge on any atom is 0.253 e. The third-order valence-electron chi connectivity index (χ3n) is 4.00. The molecule has 0 radical (unpaired) electrons. The Hall–Kier alpha value is -2.50. The molecule has 1 aromatic carbocycles. The van der Waals surface area contributed by atoms with E-state index in [1.54, 1.807) is 36.5 Å². The zero-order valence-electron chi connectivity index (χ0n) is 12.5. The molecule has 0 saturated carbocycles. The summed E-state index contributed by atoms with van der Waals surface area (Å²) in [5.74, 6) is -2.90. The first-order chi connectivity index (χ1) is 11.0. The molecule has 4 nitrogen and oxygen atoms in total. The minimum absolute atomic E-state index is 0.0712. The monoisotopic (exact) mass is 317 g/mol. The van der Waals surface area contributed by atoms with Crippen LogP contribution in [0.25, 0.3) is 11.3 Å². The summed E-state index contributed by atoms with van der Waals surface area (Å²) in [7, 11) is 0. The van der Waals surface area contributed by atoms with Crippen molar-refractivity contribution in [3.05, 3.63) is 48.2 Å². The van der Waals surface area contributed by atoms with Gasteiger partial charge >= 0.3 is 0 Å². The van der Waals surface area contributed by atoms with E-state index in [9.17, 15) is 13.6 Å². The Kier molecular flexibility index (Phi) is 3.98. The first-order valence-electron chi connectivity index (χ1n) is 7.44. The lowest BCUT2D eigenvalue weighted by Crippen LogP contribution is -2.42. The molecule has 0 aliphatic carbocycles. The fourth-order valence-corrected chi connectivity index (χ4v) is 2.68. The minimum atomic E-state index is -2.67. The SMILES string of the molecule is Nc1cccnc1-c1cccc(C(=O)N2CCC(F)(F)CC2)c1. The molecule has 0 atom stereocenters. The van der Waals surface area contributed by atoms with Gasteiger partial charge in [-0.3, -0.25) is 9.78 Å². The highest BCUT2D eigenvalue weighted by Crippen LogP contribution is 2.29. The van der Waals surface area contributed by atoms with Crippen LogP contribution >= 0.6 is 0 Å². The number of hydrogen-bond donors (Lipinski definition) is 1. The standard InChI is InChI=1S/C17H17F2N3O/c18-17(19)6-9-22(10-7-17)16(23)13-4-1-3-12(11-13)15-14(20)5-2-8-21-15/h1-5,8,11H,6-7,9-10,20H2. The smallest absolute Gasteiger partial charge is 0.253 e. The summed E-state index contributed by atoms with van der Waals surface area (Å²) in [6.45, 7) is 0.142. The number of benzene rings is 1. The van der Waals surface area contributed by atoms with E-state index in [0.717, 1.165) is 5.56 Å². The maximum absolute atomic E-state index is 13.2. The lowest BCUT2D eigenvalue weighted by Gasteiger charge is -2.31. The summed E-state index contributed by atoms with van der Waals surface area (Å²) in [6.07, 6.45) is 1.06. The van der Waals surface area contributed by atoms with Gasteiger partial charge in [-0.05, 0) is 24.3 Å². The molecule has 3 rings (SSSR count). The summed E-state index contributed by atoms with van der Waals surface area (Å²) in [4.78, 5) is 18.2. The van der Waals surface area contributed by atoms with Gasteiger partial charge in [-0.2, -0.15) is 0 Å². The average Bonchev–Trinajstić information content (AvgIpc) is 2.55. The van der Waals surface area contributed by atoms with Crippen LogP contribution in [0.3, 0.4) is 0 Å². The van der Waals surface area contributed by atoms with Gasteiger partial charge in [0.25, 0.3) is 11.8 Å². The van der Waals surface area contributed by atoms with Gasteiger partial charge in [0.1, 0.15) is 0 Å². The number of likely N-dealkylation sites (tertiary alicyclic amines) is 1. The van der Waals surface area contributed by atoms with E-state index in [0.29, 0.717) is 16.9 Å². The third kappa shape index (κ3) is 3.31. The molecular formula is C17H17F2N3O. The number of pyridine rings is 1. The minimum Gasteiger partial charge on any atom is -0.397 e. The van der Waals surface area contributed by atoms with E-state index in [1.807, 2.05) is 6.07 Å². The quantitative estimate of drug-likeness (QED) is 0.925. The van der Waals surface area contributed by atoms with Gasteiger partial charge in [-0.1, -0.05) is 12.1 Å². The molecule has 6 heteroatoms. The highest BCUT2D eigenvalue weighted by atomic mass is 19.3. The number of aromatic nitrogens is 1. The fraction of sp³-hybridized carbons (Fsp3) is 0.294. The Morgan fingerprint density at radius 2 is 1.91 bits per heavy atom. The number of hydrogen-bond acceptors (Lipinski definition) is 3. The predicted octanol–water partition coefficient (Wildman–Crippen LogP) is 3.20. The number of carbonyl (C=O) groups excluding carboxylic acids is 1. The number of nitrogens with zero attached hydrogens (tertiary/aromatic N) is 2. The van der Waals surface area contributed by atoms with E-state index in [4.69, 9.17) is 5.73 Å². The van der Waals surface area contributed by atoms with Crippen molar-refractivity contribution in [2.24, 2.45) is 0 Å². The average molecular weight is 317 g/mol. The van der Waals surface area contributed by atoms with Gasteiger partial charge in [0.05, 0.1) is 11.4 Å². The first kappa shape index (κ1) is 15.4. The van der Waals surface area contributed by atoms with Crippen molar-refractivity contribution < 1.29 is 13.6 Å². The van der Waals surface area contributed by atoms with E-state index in [1.165, 1.54) is 4.90 Å². The van der Waals surface area contributed by atoms with E-state index < -0.39 is 5.92 Å². The second-order valence-corrected chi connectivity index (χ2v) is 5.67. The molecular weight excluding hydrogens is 300 g/mol. The van der Waals surface area contributed by atoms with E-state index in [-0.39, 0.29) is 31.8 Å². The fourth-order valence-electron chi connectivity index (χ4n) is 2.68. The maximum atomic E-state index is 13.2. The lowest BCUT2D eigenvalue weighted by molar-refractivity contribution is -0.0494. The Bertz CT molecular complexity index is 723. The van der Waals surface area contributed by atoms with Gasteiger partial charge in [0, 0.05) is 43.3 Å². The molecule has 0 spiro atoms. The van der Waals surface area contributed by atoms with Crippen molar-refractivity contribution in [1.29, 1.82) is 0 Å². The highest BCUT2D eigenvalue weighted by Gasteiger charge is 2.35. The van der Waals surface area contributed by atoms with Crippen LogP contribution in [-0.2, 0) is 0 Å². The van der Waals surface area contributed by atoms with Crippen LogP contribution in [0.15, 0.2) is 42.6 Å². The second-order valence-electron chi connectivity index (χ2n) is 5.67. The molecule has 1 aliphatic heterocycles. The molecule has 1 saturated heterocycles. The topological polar surface area (TPSA) is 59.2 Å². The highest BCUT2D eigenvalue weighted by molar-refractivity contribution is 5.95. The molecule has 0 bridgehead atoms. The third-order valence-corrected chi connectivity index (χ3v) is 4.00. The van der Waals surface area contributed by atoms with Gasteiger partial charge in [0.2, 0.25) is 0 Å². The molecule has 1 fully saturated rings. The number of nitrogen functional groups attached to an aromatic ring is 1. The number of rotatable bonds is 2. The van der Waals surface area contributed by atoms with Crippen LogP contribution < -0.4 is 5.73 Å². The number of nitrogens with two attached hydrogens (primary N) is 1. The van der Waals surface area contributed by atoms with Crippen molar-refractivity contribution in [1.82, 2.24) is 9.88 Å². The number of halogens is 2. The number of anilines is 1. The zero-order valence-corrected chi connectivity index (χ0v) is 12.5. The Labute approximate surface area is 132 Å². The molecule has 1 aromatic heterocycles. The predicted molar refractivity (Wildman–Crippen MR) is 84.2 cm³/mol. The van der Waals surface area contributed by atoms with Crippen molar-refractivity contribution in [3.63, 3.8) is 0 Å². The number of alkyl halides is 2. The number of piperidine rings is 1. The zero-order chi connectivity index (χ0) is 16.4. The van der Waals surface area contributed by atoms with Crippen LogP contribution in [0, 0.1) is 0 Å². The molecule has 0 unspecified atom stereocenters. The Morgan fingerprint density at radius 1 is 1.17 bits per heavy atom. The summed E-state index contributed by atoms with van der Waals surface area (Å²) < 4.78 is 26.4. The van der Waals surface area contributed by atoms with Crippen LogP contribution in [0.1, 0.15) is 23.2 Å². The van der Waals surface area contributed by atoms with E-state index in [2.05, 4.69) is 4.98 Å². The molecule has 1 amide bonds. The second kappa shape index (κ2) is 5.95.